The lowest BCUT2D eigenvalue weighted by atomic mass is 10.0. The number of carbonyl (C=O) groups excluding carboxylic acids is 2. The molecule has 1 saturated carbocycles. The van der Waals surface area contributed by atoms with E-state index in [9.17, 15) is 14.0 Å². The summed E-state index contributed by atoms with van der Waals surface area (Å²) in [7, 11) is 1.53. The van der Waals surface area contributed by atoms with E-state index >= 15 is 0 Å². The normalized spacial score (nSPS) is 15.2. The standard InChI is InChI=1S/C28H36ClFN2O4/c1-19(2)36-24-15-12-21(16-25(24)35-3)27(28(34)31-23-8-6-4-5-7-9-23)32(26(33)17-29)18-20-10-13-22(30)14-11-20/h10-16,19,23,27H,4-9,17-18H2,1-3H3,(H,31,34)/t27-/m1/s1. The summed E-state index contributed by atoms with van der Waals surface area (Å²) < 4.78 is 24.9. The Balaban J connectivity index is 2.01. The van der Waals surface area contributed by atoms with Crippen LogP contribution >= 0.6 is 11.6 Å². The Labute approximate surface area is 218 Å². The van der Waals surface area contributed by atoms with E-state index in [4.69, 9.17) is 21.1 Å². The van der Waals surface area contributed by atoms with Gasteiger partial charge in [-0.25, -0.2) is 4.39 Å². The number of hydrogen-bond donors (Lipinski definition) is 1. The van der Waals surface area contributed by atoms with Gasteiger partial charge >= 0.3 is 0 Å². The molecule has 2 aromatic carbocycles. The molecule has 0 unspecified atom stereocenters. The van der Waals surface area contributed by atoms with Gasteiger partial charge in [-0.05, 0) is 62.1 Å². The van der Waals surface area contributed by atoms with Gasteiger partial charge in [-0.2, -0.15) is 0 Å². The number of methoxy groups -OCH3 is 1. The van der Waals surface area contributed by atoms with Gasteiger partial charge in [0.05, 0.1) is 13.2 Å². The van der Waals surface area contributed by atoms with Crippen LogP contribution in [0.1, 0.15) is 69.5 Å². The summed E-state index contributed by atoms with van der Waals surface area (Å²) in [6.07, 6.45) is 6.19. The molecule has 0 heterocycles. The Kier molecular flexibility index (Phi) is 10.4. The molecule has 0 saturated heterocycles. The average Bonchev–Trinajstić information content (AvgIpc) is 3.13. The van der Waals surface area contributed by atoms with E-state index in [1.54, 1.807) is 30.3 Å². The molecule has 1 aliphatic rings. The van der Waals surface area contributed by atoms with Crippen LogP contribution in [0.25, 0.3) is 0 Å². The maximum Gasteiger partial charge on any atom is 0.247 e. The zero-order valence-corrected chi connectivity index (χ0v) is 22.0. The van der Waals surface area contributed by atoms with Gasteiger partial charge in [0.25, 0.3) is 0 Å². The molecule has 6 nitrogen and oxygen atoms in total. The number of hydrogen-bond acceptors (Lipinski definition) is 4. The van der Waals surface area contributed by atoms with Crippen LogP contribution in [-0.2, 0) is 16.1 Å². The predicted molar refractivity (Wildman–Crippen MR) is 139 cm³/mol. The van der Waals surface area contributed by atoms with Crippen molar-refractivity contribution in [2.24, 2.45) is 0 Å². The number of rotatable bonds is 10. The Bertz CT molecular complexity index is 1010. The molecule has 1 aliphatic carbocycles. The van der Waals surface area contributed by atoms with Crippen molar-refractivity contribution in [2.75, 3.05) is 13.0 Å². The van der Waals surface area contributed by atoms with Crippen LogP contribution in [0.2, 0.25) is 0 Å². The first-order valence-electron chi connectivity index (χ1n) is 12.6. The highest BCUT2D eigenvalue weighted by Crippen LogP contribution is 2.34. The summed E-state index contributed by atoms with van der Waals surface area (Å²) in [4.78, 5) is 28.4. The first-order valence-corrected chi connectivity index (χ1v) is 13.1. The molecule has 0 aromatic heterocycles. The number of carbonyl (C=O) groups is 2. The molecule has 8 heteroatoms. The smallest absolute Gasteiger partial charge is 0.247 e. The molecule has 0 aliphatic heterocycles. The van der Waals surface area contributed by atoms with Crippen LogP contribution in [-0.4, -0.2) is 41.8 Å². The van der Waals surface area contributed by atoms with Gasteiger partial charge in [0.15, 0.2) is 11.5 Å². The van der Waals surface area contributed by atoms with E-state index in [0.717, 1.165) is 38.5 Å². The summed E-state index contributed by atoms with van der Waals surface area (Å²) in [5, 5.41) is 3.19. The van der Waals surface area contributed by atoms with Gasteiger partial charge in [0.1, 0.15) is 17.7 Å². The Morgan fingerprint density at radius 1 is 1.06 bits per heavy atom. The number of alkyl halides is 1. The van der Waals surface area contributed by atoms with Crippen molar-refractivity contribution in [2.45, 2.75) is 77.1 Å². The van der Waals surface area contributed by atoms with Crippen LogP contribution in [0.4, 0.5) is 4.39 Å². The summed E-state index contributed by atoms with van der Waals surface area (Å²) in [5.74, 6) is -0.325. The largest absolute Gasteiger partial charge is 0.493 e. The highest BCUT2D eigenvalue weighted by atomic mass is 35.5. The molecule has 0 spiro atoms. The molecule has 196 valence electrons. The number of ether oxygens (including phenoxy) is 2. The number of amides is 2. The third-order valence-corrected chi connectivity index (χ3v) is 6.56. The minimum atomic E-state index is -0.952. The summed E-state index contributed by atoms with van der Waals surface area (Å²) in [6, 6.07) is 10.2. The molecular weight excluding hydrogens is 483 g/mol. The number of nitrogens with one attached hydrogen (secondary N) is 1. The molecule has 36 heavy (non-hydrogen) atoms. The molecule has 0 bridgehead atoms. The van der Waals surface area contributed by atoms with Gasteiger partial charge in [-0.1, -0.05) is 43.9 Å². The average molecular weight is 519 g/mol. The third kappa shape index (κ3) is 7.60. The van der Waals surface area contributed by atoms with Gasteiger partial charge in [0.2, 0.25) is 11.8 Å². The molecule has 3 rings (SSSR count). The summed E-state index contributed by atoms with van der Waals surface area (Å²) in [5.41, 5.74) is 1.27. The maximum absolute atomic E-state index is 13.8. The molecular formula is C28H36ClFN2O4. The monoisotopic (exact) mass is 518 g/mol. The van der Waals surface area contributed by atoms with Crippen molar-refractivity contribution in [3.05, 3.63) is 59.4 Å². The minimum Gasteiger partial charge on any atom is -0.493 e. The second kappa shape index (κ2) is 13.5. The fourth-order valence-electron chi connectivity index (χ4n) is 4.57. The third-order valence-electron chi connectivity index (χ3n) is 6.33. The topological polar surface area (TPSA) is 67.9 Å². The van der Waals surface area contributed by atoms with E-state index in [1.165, 1.54) is 24.1 Å². The second-order valence-corrected chi connectivity index (χ2v) is 9.73. The van der Waals surface area contributed by atoms with E-state index in [-0.39, 0.29) is 36.3 Å². The molecule has 2 aromatic rings. The first-order chi connectivity index (χ1) is 17.3. The van der Waals surface area contributed by atoms with Gasteiger partial charge < -0.3 is 19.7 Å². The second-order valence-electron chi connectivity index (χ2n) is 9.46. The summed E-state index contributed by atoms with van der Waals surface area (Å²) >= 11 is 6.00. The zero-order valence-electron chi connectivity index (χ0n) is 21.3. The lowest BCUT2D eigenvalue weighted by Gasteiger charge is -2.32. The van der Waals surface area contributed by atoms with Crippen LogP contribution < -0.4 is 14.8 Å². The molecule has 1 fully saturated rings. The number of benzene rings is 2. The first kappa shape index (κ1) is 27.8. The van der Waals surface area contributed by atoms with Crippen molar-refractivity contribution in [1.29, 1.82) is 0 Å². The molecule has 0 radical (unpaired) electrons. The predicted octanol–water partition coefficient (Wildman–Crippen LogP) is 5.77. The van der Waals surface area contributed by atoms with Crippen LogP contribution in [0, 0.1) is 5.82 Å². The summed E-state index contributed by atoms with van der Waals surface area (Å²) in [6.45, 7) is 3.93. The van der Waals surface area contributed by atoms with E-state index in [2.05, 4.69) is 5.32 Å². The van der Waals surface area contributed by atoms with Crippen molar-refractivity contribution < 1.29 is 23.5 Å². The van der Waals surface area contributed by atoms with Crippen molar-refractivity contribution >= 4 is 23.4 Å². The van der Waals surface area contributed by atoms with Gasteiger partial charge in [0, 0.05) is 12.6 Å². The van der Waals surface area contributed by atoms with Crippen molar-refractivity contribution in [3.8, 4) is 11.5 Å². The van der Waals surface area contributed by atoms with Gasteiger partial charge in [-0.15, -0.1) is 11.6 Å². The van der Waals surface area contributed by atoms with E-state index < -0.39 is 11.9 Å². The zero-order chi connectivity index (χ0) is 26.1. The van der Waals surface area contributed by atoms with E-state index in [1.807, 2.05) is 13.8 Å². The molecule has 1 atom stereocenters. The Morgan fingerprint density at radius 2 is 1.72 bits per heavy atom. The molecule has 2 amide bonds. The highest BCUT2D eigenvalue weighted by Gasteiger charge is 2.33. The number of halogens is 2. The van der Waals surface area contributed by atoms with Crippen LogP contribution in [0.5, 0.6) is 11.5 Å². The Morgan fingerprint density at radius 3 is 2.31 bits per heavy atom. The quantitative estimate of drug-likeness (QED) is 0.320. The number of nitrogens with zero attached hydrogens (tertiary/aromatic N) is 1. The lowest BCUT2D eigenvalue weighted by molar-refractivity contribution is -0.140. The van der Waals surface area contributed by atoms with Crippen molar-refractivity contribution in [1.82, 2.24) is 10.2 Å². The lowest BCUT2D eigenvalue weighted by Crippen LogP contribution is -2.46. The van der Waals surface area contributed by atoms with Crippen LogP contribution in [0.15, 0.2) is 42.5 Å². The Hall–Kier alpha value is -2.80. The fraction of sp³-hybridized carbons (Fsp3) is 0.500. The van der Waals surface area contributed by atoms with E-state index in [0.29, 0.717) is 22.6 Å². The highest BCUT2D eigenvalue weighted by molar-refractivity contribution is 6.27. The fourth-order valence-corrected chi connectivity index (χ4v) is 4.72. The maximum atomic E-state index is 13.8. The SMILES string of the molecule is COc1cc([C@H](C(=O)NC2CCCCCC2)N(Cc2ccc(F)cc2)C(=O)CCl)ccc1OC(C)C. The van der Waals surface area contributed by atoms with Crippen molar-refractivity contribution in [3.63, 3.8) is 0 Å². The minimum absolute atomic E-state index is 0.0479. The van der Waals surface area contributed by atoms with Crippen LogP contribution in [0.3, 0.4) is 0 Å². The van der Waals surface area contributed by atoms with Gasteiger partial charge in [-0.3, -0.25) is 9.59 Å². The molecule has 1 N–H and O–H groups in total.